The Bertz CT molecular complexity index is 1620. The quantitative estimate of drug-likeness (QED) is 0.170. The van der Waals surface area contributed by atoms with Crippen LogP contribution in [0.2, 0.25) is 20.1 Å². The molecule has 0 N–H and O–H groups in total. The maximum Gasteiger partial charge on any atom is 0.169 e. The van der Waals surface area contributed by atoms with Crippen LogP contribution in [0.4, 0.5) is 0 Å². The van der Waals surface area contributed by atoms with E-state index in [9.17, 15) is 0 Å². The molecule has 0 aliphatic heterocycles. The molecule has 10 heteroatoms. The first-order valence-corrected chi connectivity index (χ1v) is 15.3. The molecule has 1 saturated carbocycles. The number of nitrogens with zero attached hydrogens (tertiary/aromatic N) is 4. The summed E-state index contributed by atoms with van der Waals surface area (Å²) in [6.45, 7) is 2.12. The van der Waals surface area contributed by atoms with Crippen molar-refractivity contribution in [2.24, 2.45) is 0 Å². The molecule has 0 atom stereocenters. The Balaban J connectivity index is 1.52. The molecule has 6 rings (SSSR count). The van der Waals surface area contributed by atoms with Gasteiger partial charge in [0, 0.05) is 26.0 Å². The normalized spacial score (nSPS) is 14.1. The van der Waals surface area contributed by atoms with Crippen molar-refractivity contribution in [2.45, 2.75) is 30.1 Å². The minimum Gasteiger partial charge on any atom is -0.230 e. The van der Waals surface area contributed by atoms with E-state index in [0.29, 0.717) is 15.1 Å². The Labute approximate surface area is 248 Å². The van der Waals surface area contributed by atoms with E-state index in [1.807, 2.05) is 53.2 Å². The van der Waals surface area contributed by atoms with Gasteiger partial charge in [-0.25, -0.2) is 4.68 Å². The summed E-state index contributed by atoms with van der Waals surface area (Å²) in [6, 6.07) is 21.2. The second kappa shape index (κ2) is 10.5. The van der Waals surface area contributed by atoms with Crippen molar-refractivity contribution >= 4 is 69.5 Å². The van der Waals surface area contributed by atoms with Crippen LogP contribution in [-0.2, 0) is 5.41 Å². The van der Waals surface area contributed by atoms with Crippen molar-refractivity contribution in [3.05, 3.63) is 97.4 Å². The molecular weight excluding hydrogens is 598 g/mol. The molecule has 4 nitrogen and oxygen atoms in total. The summed E-state index contributed by atoms with van der Waals surface area (Å²) in [7, 11) is 0. The van der Waals surface area contributed by atoms with Gasteiger partial charge in [-0.15, -0.1) is 22.0 Å². The molecule has 1 fully saturated rings. The Morgan fingerprint density at radius 3 is 2.16 bits per heavy atom. The average molecular weight is 618 g/mol. The van der Waals surface area contributed by atoms with Crippen molar-refractivity contribution in [1.29, 1.82) is 0 Å². The minimum atomic E-state index is -0.111. The molecule has 38 heavy (non-hydrogen) atoms. The molecule has 0 spiro atoms. The number of benzene rings is 3. The van der Waals surface area contributed by atoms with Crippen LogP contribution in [0.1, 0.15) is 30.3 Å². The molecule has 0 bridgehead atoms. The van der Waals surface area contributed by atoms with E-state index >= 15 is 0 Å². The zero-order valence-corrected chi connectivity index (χ0v) is 24.7. The van der Waals surface area contributed by atoms with Crippen LogP contribution in [0.3, 0.4) is 0 Å². The van der Waals surface area contributed by atoms with Crippen molar-refractivity contribution in [2.75, 3.05) is 5.75 Å². The third-order valence-electron chi connectivity index (χ3n) is 6.57. The number of hydrogen-bond donors (Lipinski definition) is 0. The molecule has 192 valence electrons. The van der Waals surface area contributed by atoms with Crippen LogP contribution >= 0.6 is 69.5 Å². The molecule has 0 unspecified atom stereocenters. The maximum atomic E-state index is 6.68. The summed E-state index contributed by atoms with van der Waals surface area (Å²) >= 11 is 28.6. The largest absolute Gasteiger partial charge is 0.230 e. The van der Waals surface area contributed by atoms with Crippen LogP contribution in [-0.4, -0.2) is 25.7 Å². The van der Waals surface area contributed by atoms with Crippen molar-refractivity contribution in [3.63, 3.8) is 0 Å². The zero-order valence-electron chi connectivity index (χ0n) is 20.1. The number of rotatable bonds is 7. The first-order valence-electron chi connectivity index (χ1n) is 12.0. The lowest BCUT2D eigenvalue weighted by Crippen LogP contribution is -2.07. The first kappa shape index (κ1) is 26.2. The molecule has 5 aromatic rings. The van der Waals surface area contributed by atoms with E-state index in [-0.39, 0.29) is 5.41 Å². The lowest BCUT2D eigenvalue weighted by atomic mass is 9.97. The predicted molar refractivity (Wildman–Crippen MR) is 161 cm³/mol. The van der Waals surface area contributed by atoms with E-state index < -0.39 is 0 Å². The van der Waals surface area contributed by atoms with Crippen LogP contribution in [0, 0.1) is 0 Å². The van der Waals surface area contributed by atoms with Gasteiger partial charge in [-0.3, -0.25) is 0 Å². The Hall–Kier alpha value is -2.06. The summed E-state index contributed by atoms with van der Waals surface area (Å²) in [4.78, 5) is 1.01. The summed E-state index contributed by atoms with van der Waals surface area (Å²) in [5, 5.41) is 18.6. The summed E-state index contributed by atoms with van der Waals surface area (Å²) < 4.78 is 1.88. The first-order chi connectivity index (χ1) is 18.4. The lowest BCUT2D eigenvalue weighted by Gasteiger charge is -2.11. The van der Waals surface area contributed by atoms with Gasteiger partial charge in [0.1, 0.15) is 10.7 Å². The van der Waals surface area contributed by atoms with Gasteiger partial charge in [-0.1, -0.05) is 88.9 Å². The topological polar surface area (TPSA) is 43.6 Å². The molecule has 1 aliphatic rings. The second-order valence-corrected chi connectivity index (χ2v) is 12.9. The lowest BCUT2D eigenvalue weighted by molar-refractivity contribution is 0.806. The molecule has 0 saturated heterocycles. The molecule has 2 heterocycles. The highest BCUT2D eigenvalue weighted by Gasteiger charge is 2.49. The Morgan fingerprint density at radius 1 is 0.868 bits per heavy atom. The smallest absolute Gasteiger partial charge is 0.169 e. The fourth-order valence-corrected chi connectivity index (χ4v) is 7.36. The van der Waals surface area contributed by atoms with Gasteiger partial charge >= 0.3 is 0 Å². The van der Waals surface area contributed by atoms with Crippen molar-refractivity contribution in [3.8, 4) is 27.6 Å². The SMILES string of the molecule is CCSc1c(-c2nnc(C3(c4ccc(Cl)cc4)CC3)s2)nn(-c2ccc(Cl)cc2Cl)c1-c1ccc(Cl)cc1. The van der Waals surface area contributed by atoms with E-state index in [4.69, 9.17) is 51.5 Å². The monoisotopic (exact) mass is 616 g/mol. The highest BCUT2D eigenvalue weighted by Crippen LogP contribution is 2.55. The third kappa shape index (κ3) is 4.76. The van der Waals surface area contributed by atoms with E-state index in [0.717, 1.165) is 61.2 Å². The maximum absolute atomic E-state index is 6.68. The number of halogens is 4. The molecule has 3 aromatic carbocycles. The van der Waals surface area contributed by atoms with Crippen LogP contribution in [0.5, 0.6) is 0 Å². The number of hydrogen-bond acceptors (Lipinski definition) is 5. The zero-order chi connectivity index (χ0) is 26.4. The molecule has 0 amide bonds. The van der Waals surface area contributed by atoms with Gasteiger partial charge in [0.15, 0.2) is 5.01 Å². The molecule has 1 aliphatic carbocycles. The number of aromatic nitrogens is 4. The highest BCUT2D eigenvalue weighted by atomic mass is 35.5. The highest BCUT2D eigenvalue weighted by molar-refractivity contribution is 7.99. The van der Waals surface area contributed by atoms with Gasteiger partial charge in [0.2, 0.25) is 0 Å². The van der Waals surface area contributed by atoms with E-state index in [2.05, 4.69) is 29.3 Å². The second-order valence-electron chi connectivity index (χ2n) is 8.98. The van der Waals surface area contributed by atoms with Crippen molar-refractivity contribution < 1.29 is 0 Å². The fourth-order valence-electron chi connectivity index (χ4n) is 4.55. The summed E-state index contributed by atoms with van der Waals surface area (Å²) in [5.74, 6) is 0.855. The summed E-state index contributed by atoms with van der Waals surface area (Å²) in [6.07, 6.45) is 2.06. The predicted octanol–water partition coefficient (Wildman–Crippen LogP) is 9.86. The van der Waals surface area contributed by atoms with Crippen LogP contribution < -0.4 is 0 Å². The van der Waals surface area contributed by atoms with Gasteiger partial charge in [-0.2, -0.15) is 5.10 Å². The number of thioether (sulfide) groups is 1. The molecular formula is C28H20Cl4N4S2. The van der Waals surface area contributed by atoms with Gasteiger partial charge < -0.3 is 0 Å². The van der Waals surface area contributed by atoms with Crippen molar-refractivity contribution in [1.82, 2.24) is 20.0 Å². The Morgan fingerprint density at radius 2 is 1.53 bits per heavy atom. The van der Waals surface area contributed by atoms with Crippen LogP contribution in [0.15, 0.2) is 71.6 Å². The average Bonchev–Trinajstić information content (AvgIpc) is 3.41. The molecule has 2 aromatic heterocycles. The van der Waals surface area contributed by atoms with E-state index in [1.165, 1.54) is 5.56 Å². The summed E-state index contributed by atoms with van der Waals surface area (Å²) in [5.41, 5.74) is 4.51. The standard InChI is InChI=1S/C28H20Cl4N4S2/c1-2-37-25-23(26-33-34-27(38-26)28(13-14-28)17-5-9-19(30)10-6-17)35-36(22-12-11-20(31)15-21(22)32)24(25)16-3-7-18(29)8-4-16/h3-12,15H,2,13-14H2,1H3. The van der Waals surface area contributed by atoms with Gasteiger partial charge in [0.25, 0.3) is 0 Å². The van der Waals surface area contributed by atoms with E-state index in [1.54, 1.807) is 29.2 Å². The van der Waals surface area contributed by atoms with Crippen LogP contribution in [0.25, 0.3) is 27.6 Å². The Kier molecular flexibility index (Phi) is 7.23. The molecule has 0 radical (unpaired) electrons. The van der Waals surface area contributed by atoms with Gasteiger partial charge in [-0.05, 0) is 66.6 Å². The third-order valence-corrected chi connectivity index (χ3v) is 9.71. The minimum absolute atomic E-state index is 0.111. The van der Waals surface area contributed by atoms with Gasteiger partial charge in [0.05, 0.1) is 21.3 Å². The fraction of sp³-hybridized carbons (Fsp3) is 0.179.